The highest BCUT2D eigenvalue weighted by Crippen LogP contribution is 2.41. The second kappa shape index (κ2) is 8.67. The molecule has 1 aliphatic heterocycles. The molecule has 0 bridgehead atoms. The van der Waals surface area contributed by atoms with Crippen LogP contribution in [-0.4, -0.2) is 31.6 Å². The molecule has 172 valence electrons. The highest BCUT2D eigenvalue weighted by atomic mass is 19.1. The Morgan fingerprint density at radius 2 is 1.71 bits per heavy atom. The molecule has 1 unspecified atom stereocenters. The number of nitrogens with zero attached hydrogens (tertiary/aromatic N) is 1. The Bertz CT molecular complexity index is 1450. The van der Waals surface area contributed by atoms with Crippen LogP contribution < -0.4 is 14.9 Å². The second-order valence-electron chi connectivity index (χ2n) is 8.07. The molecule has 34 heavy (non-hydrogen) atoms. The summed E-state index contributed by atoms with van der Waals surface area (Å²) in [5.41, 5.74) is 1.67. The highest BCUT2D eigenvalue weighted by molar-refractivity contribution is 5.99. The molecule has 0 saturated heterocycles. The molecular formula is C27H22FNO5. The van der Waals surface area contributed by atoms with E-state index in [2.05, 4.69) is 0 Å². The van der Waals surface area contributed by atoms with Gasteiger partial charge in [-0.3, -0.25) is 9.59 Å². The number of carbonyl (C=O) groups excluding carboxylic acids is 1. The fraction of sp³-hybridized carbons (Fsp3) is 0.185. The van der Waals surface area contributed by atoms with Crippen molar-refractivity contribution < 1.29 is 23.1 Å². The molecule has 3 aromatic carbocycles. The highest BCUT2D eigenvalue weighted by Gasteiger charge is 2.42. The maximum Gasteiger partial charge on any atom is 0.290 e. The van der Waals surface area contributed by atoms with Crippen LogP contribution in [0.2, 0.25) is 0 Å². The molecule has 1 aliphatic rings. The summed E-state index contributed by atoms with van der Waals surface area (Å²) in [6.45, 7) is 0.357. The lowest BCUT2D eigenvalue weighted by atomic mass is 9.97. The number of fused-ring (bicyclic) bond motifs is 2. The maximum absolute atomic E-state index is 13.9. The molecule has 2 heterocycles. The van der Waals surface area contributed by atoms with E-state index in [1.165, 1.54) is 26.4 Å². The Morgan fingerprint density at radius 3 is 2.44 bits per heavy atom. The quantitative estimate of drug-likeness (QED) is 0.417. The van der Waals surface area contributed by atoms with E-state index in [1.807, 2.05) is 30.3 Å². The molecule has 6 nitrogen and oxygen atoms in total. The van der Waals surface area contributed by atoms with Gasteiger partial charge in [-0.25, -0.2) is 4.39 Å². The number of amides is 1. The number of hydrogen-bond acceptors (Lipinski definition) is 5. The van der Waals surface area contributed by atoms with Crippen molar-refractivity contribution in [1.29, 1.82) is 0 Å². The Morgan fingerprint density at radius 1 is 0.941 bits per heavy atom. The summed E-state index contributed by atoms with van der Waals surface area (Å²) in [6.07, 6.45) is 0.590. The number of halogens is 1. The van der Waals surface area contributed by atoms with E-state index in [0.29, 0.717) is 30.0 Å². The minimum atomic E-state index is -0.713. The van der Waals surface area contributed by atoms with Gasteiger partial charge in [0, 0.05) is 6.54 Å². The normalized spacial score (nSPS) is 15.0. The Kier molecular flexibility index (Phi) is 5.53. The third kappa shape index (κ3) is 3.59. The number of benzene rings is 3. The number of rotatable bonds is 6. The molecule has 0 saturated carbocycles. The molecule has 0 N–H and O–H groups in total. The van der Waals surface area contributed by atoms with Gasteiger partial charge in [0.25, 0.3) is 5.91 Å². The van der Waals surface area contributed by atoms with Gasteiger partial charge in [0.05, 0.1) is 31.2 Å². The fourth-order valence-corrected chi connectivity index (χ4v) is 4.49. The molecule has 1 atom stereocenters. The van der Waals surface area contributed by atoms with Crippen LogP contribution in [0.15, 0.2) is 75.9 Å². The first-order valence-corrected chi connectivity index (χ1v) is 10.8. The van der Waals surface area contributed by atoms with Gasteiger partial charge in [0.1, 0.15) is 11.4 Å². The number of methoxy groups -OCH3 is 2. The summed E-state index contributed by atoms with van der Waals surface area (Å²) in [4.78, 5) is 28.7. The summed E-state index contributed by atoms with van der Waals surface area (Å²) < 4.78 is 30.6. The van der Waals surface area contributed by atoms with Gasteiger partial charge in [0.15, 0.2) is 16.9 Å². The van der Waals surface area contributed by atoms with Gasteiger partial charge in [-0.2, -0.15) is 0 Å². The lowest BCUT2D eigenvalue weighted by molar-refractivity contribution is 0.0730. The topological polar surface area (TPSA) is 69.0 Å². The zero-order valence-electron chi connectivity index (χ0n) is 18.7. The van der Waals surface area contributed by atoms with Gasteiger partial charge >= 0.3 is 0 Å². The molecule has 7 heteroatoms. The average molecular weight is 459 g/mol. The van der Waals surface area contributed by atoms with Crippen molar-refractivity contribution in [3.05, 3.63) is 105 Å². The lowest BCUT2D eigenvalue weighted by Gasteiger charge is -2.25. The van der Waals surface area contributed by atoms with Crippen molar-refractivity contribution >= 4 is 16.9 Å². The van der Waals surface area contributed by atoms with Crippen molar-refractivity contribution in [3.8, 4) is 11.5 Å². The molecule has 0 aliphatic carbocycles. The van der Waals surface area contributed by atoms with Crippen LogP contribution in [0.1, 0.15) is 33.3 Å². The van der Waals surface area contributed by atoms with Gasteiger partial charge in [-0.15, -0.1) is 0 Å². The van der Waals surface area contributed by atoms with Gasteiger partial charge in [-0.1, -0.05) is 36.4 Å². The van der Waals surface area contributed by atoms with E-state index < -0.39 is 17.3 Å². The summed E-state index contributed by atoms with van der Waals surface area (Å²) in [5, 5.41) is 0.0990. The predicted octanol–water partition coefficient (Wildman–Crippen LogP) is 4.74. The van der Waals surface area contributed by atoms with Crippen LogP contribution in [0.25, 0.3) is 11.0 Å². The maximum atomic E-state index is 13.9. The zero-order chi connectivity index (χ0) is 23.8. The van der Waals surface area contributed by atoms with E-state index in [1.54, 1.807) is 23.1 Å². The first kappa shape index (κ1) is 21.7. The molecule has 0 fully saturated rings. The first-order chi connectivity index (χ1) is 16.5. The number of ether oxygens (including phenoxy) is 2. The third-order valence-corrected chi connectivity index (χ3v) is 6.14. The van der Waals surface area contributed by atoms with Crippen LogP contribution in [0.3, 0.4) is 0 Å². The minimum absolute atomic E-state index is 0.0167. The molecule has 1 amide bonds. The first-order valence-electron chi connectivity index (χ1n) is 10.8. The van der Waals surface area contributed by atoms with Crippen LogP contribution >= 0.6 is 0 Å². The van der Waals surface area contributed by atoms with Gasteiger partial charge in [0.2, 0.25) is 5.76 Å². The lowest BCUT2D eigenvalue weighted by Crippen LogP contribution is -2.31. The van der Waals surface area contributed by atoms with Crippen molar-refractivity contribution in [2.75, 3.05) is 20.8 Å². The average Bonchev–Trinajstić information content (AvgIpc) is 3.15. The Balaban J connectivity index is 1.67. The summed E-state index contributed by atoms with van der Waals surface area (Å²) in [7, 11) is 3.06. The fourth-order valence-electron chi connectivity index (χ4n) is 4.49. The van der Waals surface area contributed by atoms with Crippen molar-refractivity contribution in [1.82, 2.24) is 4.90 Å². The van der Waals surface area contributed by atoms with E-state index in [9.17, 15) is 14.0 Å². The van der Waals surface area contributed by atoms with Crippen LogP contribution in [0.5, 0.6) is 11.5 Å². The molecule has 5 rings (SSSR count). The molecule has 0 radical (unpaired) electrons. The van der Waals surface area contributed by atoms with E-state index >= 15 is 0 Å². The van der Waals surface area contributed by atoms with E-state index in [-0.39, 0.29) is 28.2 Å². The number of carbonyl (C=O) groups is 1. The van der Waals surface area contributed by atoms with Crippen LogP contribution in [-0.2, 0) is 6.42 Å². The summed E-state index contributed by atoms with van der Waals surface area (Å²) >= 11 is 0. The molecule has 1 aromatic heterocycles. The Labute approximate surface area is 195 Å². The smallest absolute Gasteiger partial charge is 0.290 e. The second-order valence-corrected chi connectivity index (χ2v) is 8.07. The molecular weight excluding hydrogens is 437 g/mol. The van der Waals surface area contributed by atoms with Crippen LogP contribution in [0.4, 0.5) is 4.39 Å². The standard InChI is InChI=1S/C27H22FNO5/c1-32-21-10-8-17(14-22(21)33-2)24-23-25(30)19-15-18(28)9-11-20(19)34-26(23)27(31)29(24)13-12-16-6-4-3-5-7-16/h3-11,14-15,24H,12-13H2,1-2H3. The third-order valence-electron chi connectivity index (χ3n) is 6.14. The van der Waals surface area contributed by atoms with E-state index in [0.717, 1.165) is 11.6 Å². The largest absolute Gasteiger partial charge is 0.493 e. The van der Waals surface area contributed by atoms with Crippen molar-refractivity contribution in [3.63, 3.8) is 0 Å². The van der Waals surface area contributed by atoms with Gasteiger partial charge < -0.3 is 18.8 Å². The predicted molar refractivity (Wildman–Crippen MR) is 125 cm³/mol. The van der Waals surface area contributed by atoms with E-state index in [4.69, 9.17) is 13.9 Å². The Hall–Kier alpha value is -4.13. The monoisotopic (exact) mass is 459 g/mol. The summed E-state index contributed by atoms with van der Waals surface area (Å²) in [5.74, 6) is 0.0537. The zero-order valence-corrected chi connectivity index (χ0v) is 18.7. The molecule has 0 spiro atoms. The van der Waals surface area contributed by atoms with Crippen molar-refractivity contribution in [2.24, 2.45) is 0 Å². The van der Waals surface area contributed by atoms with Crippen LogP contribution in [0, 0.1) is 5.82 Å². The SMILES string of the molecule is COc1ccc(C2c3c(oc4ccc(F)cc4c3=O)C(=O)N2CCc2ccccc2)cc1OC. The number of hydrogen-bond donors (Lipinski definition) is 0. The van der Waals surface area contributed by atoms with Gasteiger partial charge in [-0.05, 0) is 47.9 Å². The summed E-state index contributed by atoms with van der Waals surface area (Å²) in [6, 6.07) is 18.1. The minimum Gasteiger partial charge on any atom is -0.493 e. The molecule has 4 aromatic rings. The van der Waals surface area contributed by atoms with Crippen molar-refractivity contribution in [2.45, 2.75) is 12.5 Å².